The largest absolute Gasteiger partial charge is 0.304 e. The van der Waals surface area contributed by atoms with Gasteiger partial charge in [0.05, 0.1) is 0 Å². The number of hydrogen-bond donors (Lipinski definition) is 0. The molecule has 7 heteroatoms. The van der Waals surface area contributed by atoms with Crippen LogP contribution >= 0.6 is 23.1 Å². The minimum Gasteiger partial charge on any atom is -0.304 e. The van der Waals surface area contributed by atoms with Crippen molar-refractivity contribution < 1.29 is 0 Å². The fourth-order valence-electron chi connectivity index (χ4n) is 4.50. The maximum Gasteiger partial charge on any atom is 0.191 e. The summed E-state index contributed by atoms with van der Waals surface area (Å²) in [5.74, 6) is 2.89. The molecule has 2 fully saturated rings. The summed E-state index contributed by atoms with van der Waals surface area (Å²) >= 11 is 3.63. The van der Waals surface area contributed by atoms with Crippen LogP contribution in [0.4, 0.5) is 0 Å². The Morgan fingerprint density at radius 3 is 2.64 bits per heavy atom. The zero-order valence-electron chi connectivity index (χ0n) is 17.2. The predicted molar refractivity (Wildman–Crippen MR) is 119 cm³/mol. The summed E-state index contributed by atoms with van der Waals surface area (Å²) in [5, 5.41) is 14.7. The van der Waals surface area contributed by atoms with Crippen molar-refractivity contribution in [2.24, 2.45) is 5.92 Å². The SMILES string of the molecule is C[C@H](C1CCCCC1)n1c(SCCN2CCN(C)CC2)nnc1-c1ccsc1. The second-order valence-electron chi connectivity index (χ2n) is 8.32. The van der Waals surface area contributed by atoms with E-state index in [1.165, 1.54) is 63.8 Å². The van der Waals surface area contributed by atoms with Crippen LogP contribution in [0.2, 0.25) is 0 Å². The van der Waals surface area contributed by atoms with Crippen molar-refractivity contribution in [2.45, 2.75) is 50.2 Å². The van der Waals surface area contributed by atoms with Gasteiger partial charge in [-0.3, -0.25) is 9.47 Å². The van der Waals surface area contributed by atoms with Gasteiger partial charge in [-0.05, 0) is 44.2 Å². The van der Waals surface area contributed by atoms with Crippen LogP contribution in [0.3, 0.4) is 0 Å². The lowest BCUT2D eigenvalue weighted by atomic mass is 9.84. The highest BCUT2D eigenvalue weighted by molar-refractivity contribution is 7.99. The van der Waals surface area contributed by atoms with Gasteiger partial charge in [-0.1, -0.05) is 31.0 Å². The number of rotatable bonds is 7. The lowest BCUT2D eigenvalue weighted by Gasteiger charge is -2.32. The summed E-state index contributed by atoms with van der Waals surface area (Å²) in [6.07, 6.45) is 6.82. The number of hydrogen-bond acceptors (Lipinski definition) is 6. The third kappa shape index (κ3) is 4.81. The van der Waals surface area contributed by atoms with Crippen LogP contribution in [-0.4, -0.2) is 70.1 Å². The molecule has 1 saturated heterocycles. The highest BCUT2D eigenvalue weighted by atomic mass is 32.2. The van der Waals surface area contributed by atoms with Gasteiger partial charge in [0.25, 0.3) is 0 Å². The normalized spacial score (nSPS) is 21.2. The van der Waals surface area contributed by atoms with Crippen LogP contribution in [0.5, 0.6) is 0 Å². The molecular formula is C21H33N5S2. The fourth-order valence-corrected chi connectivity index (χ4v) is 6.15. The van der Waals surface area contributed by atoms with Gasteiger partial charge < -0.3 is 4.90 Å². The van der Waals surface area contributed by atoms with Gasteiger partial charge >= 0.3 is 0 Å². The van der Waals surface area contributed by atoms with Crippen molar-refractivity contribution in [1.82, 2.24) is 24.6 Å². The second-order valence-corrected chi connectivity index (χ2v) is 10.2. The molecule has 28 heavy (non-hydrogen) atoms. The van der Waals surface area contributed by atoms with Crippen molar-refractivity contribution in [1.29, 1.82) is 0 Å². The minimum absolute atomic E-state index is 0.469. The molecule has 0 spiro atoms. The smallest absolute Gasteiger partial charge is 0.191 e. The van der Waals surface area contributed by atoms with E-state index in [1.807, 2.05) is 11.8 Å². The Labute approximate surface area is 177 Å². The molecule has 1 aliphatic heterocycles. The first kappa shape index (κ1) is 20.4. The number of nitrogens with zero attached hydrogens (tertiary/aromatic N) is 5. The average molecular weight is 420 g/mol. The molecule has 0 radical (unpaired) electrons. The minimum atomic E-state index is 0.469. The van der Waals surface area contributed by atoms with Crippen LogP contribution in [-0.2, 0) is 0 Å². The maximum absolute atomic E-state index is 4.64. The van der Waals surface area contributed by atoms with Crippen LogP contribution < -0.4 is 0 Å². The van der Waals surface area contributed by atoms with Crippen LogP contribution in [0.25, 0.3) is 11.4 Å². The first-order chi connectivity index (χ1) is 13.7. The van der Waals surface area contributed by atoms with E-state index < -0.39 is 0 Å². The zero-order valence-corrected chi connectivity index (χ0v) is 18.9. The molecule has 0 unspecified atom stereocenters. The first-order valence-corrected chi connectivity index (χ1v) is 12.7. The van der Waals surface area contributed by atoms with E-state index in [4.69, 9.17) is 0 Å². The maximum atomic E-state index is 4.64. The third-order valence-corrected chi connectivity index (χ3v) is 8.02. The van der Waals surface area contributed by atoms with Gasteiger partial charge in [-0.25, -0.2) is 0 Å². The Kier molecular flexibility index (Phi) is 7.09. The highest BCUT2D eigenvalue weighted by Gasteiger charge is 2.27. The van der Waals surface area contributed by atoms with Crippen molar-refractivity contribution in [3.8, 4) is 11.4 Å². The molecule has 3 heterocycles. The van der Waals surface area contributed by atoms with E-state index in [-0.39, 0.29) is 0 Å². The molecule has 0 aromatic carbocycles. The third-order valence-electron chi connectivity index (χ3n) is 6.42. The number of aromatic nitrogens is 3. The number of thioether (sulfide) groups is 1. The van der Waals surface area contributed by atoms with Crippen molar-refractivity contribution in [3.05, 3.63) is 16.8 Å². The standard InChI is InChI=1S/C21H33N5S2/c1-17(18-6-4-3-5-7-18)26-20(19-8-14-27-16-19)22-23-21(26)28-15-13-25-11-9-24(2)10-12-25/h8,14,16-18H,3-7,9-13,15H2,1-2H3/t17-/m1/s1. The summed E-state index contributed by atoms with van der Waals surface area (Å²) in [4.78, 5) is 5.00. The van der Waals surface area contributed by atoms with E-state index in [2.05, 4.69) is 55.4 Å². The van der Waals surface area contributed by atoms with Gasteiger partial charge in [0.15, 0.2) is 11.0 Å². The molecule has 0 amide bonds. The topological polar surface area (TPSA) is 37.2 Å². The van der Waals surface area contributed by atoms with E-state index in [1.54, 1.807) is 11.3 Å². The summed E-state index contributed by atoms with van der Waals surface area (Å²) in [5.41, 5.74) is 1.21. The van der Waals surface area contributed by atoms with Gasteiger partial charge in [0.2, 0.25) is 0 Å². The van der Waals surface area contributed by atoms with Crippen molar-refractivity contribution in [3.63, 3.8) is 0 Å². The molecule has 1 aliphatic carbocycles. The number of thiophene rings is 1. The molecule has 4 rings (SSSR count). The van der Waals surface area contributed by atoms with Crippen LogP contribution in [0.1, 0.15) is 45.1 Å². The quantitative estimate of drug-likeness (QED) is 0.618. The summed E-state index contributed by atoms with van der Waals surface area (Å²) in [6, 6.07) is 2.65. The van der Waals surface area contributed by atoms with E-state index in [0.29, 0.717) is 6.04 Å². The van der Waals surface area contributed by atoms with Gasteiger partial charge in [0, 0.05) is 55.5 Å². The lowest BCUT2D eigenvalue weighted by molar-refractivity contribution is 0.161. The molecule has 5 nitrogen and oxygen atoms in total. The Bertz CT molecular complexity index is 715. The van der Waals surface area contributed by atoms with E-state index in [0.717, 1.165) is 29.2 Å². The number of likely N-dealkylation sites (N-methyl/N-ethyl adjacent to an activating group) is 1. The van der Waals surface area contributed by atoms with Gasteiger partial charge in [-0.2, -0.15) is 11.3 Å². The zero-order chi connectivity index (χ0) is 19.3. The predicted octanol–water partition coefficient (Wildman–Crippen LogP) is 4.49. The highest BCUT2D eigenvalue weighted by Crippen LogP contribution is 2.37. The second kappa shape index (κ2) is 9.74. The van der Waals surface area contributed by atoms with Crippen LogP contribution in [0.15, 0.2) is 22.0 Å². The number of piperazine rings is 1. The molecule has 2 aromatic heterocycles. The molecule has 1 saturated carbocycles. The van der Waals surface area contributed by atoms with Crippen molar-refractivity contribution in [2.75, 3.05) is 45.5 Å². The van der Waals surface area contributed by atoms with Crippen molar-refractivity contribution >= 4 is 23.1 Å². The molecule has 2 aliphatic rings. The molecule has 0 N–H and O–H groups in total. The Balaban J connectivity index is 1.46. The van der Waals surface area contributed by atoms with E-state index in [9.17, 15) is 0 Å². The average Bonchev–Trinajstić information content (AvgIpc) is 3.39. The fraction of sp³-hybridized carbons (Fsp3) is 0.714. The van der Waals surface area contributed by atoms with Crippen LogP contribution in [0, 0.1) is 5.92 Å². The molecule has 154 valence electrons. The van der Waals surface area contributed by atoms with Gasteiger partial charge in [-0.15, -0.1) is 10.2 Å². The Morgan fingerprint density at radius 2 is 1.93 bits per heavy atom. The lowest BCUT2D eigenvalue weighted by Crippen LogP contribution is -2.45. The van der Waals surface area contributed by atoms with Gasteiger partial charge in [0.1, 0.15) is 0 Å². The first-order valence-electron chi connectivity index (χ1n) is 10.7. The molecule has 1 atom stereocenters. The monoisotopic (exact) mass is 419 g/mol. The summed E-state index contributed by atoms with van der Waals surface area (Å²) < 4.78 is 2.45. The Hall–Kier alpha value is -0.890. The molecular weight excluding hydrogens is 386 g/mol. The molecule has 2 aromatic rings. The summed E-state index contributed by atoms with van der Waals surface area (Å²) in [7, 11) is 2.22. The summed E-state index contributed by atoms with van der Waals surface area (Å²) in [6.45, 7) is 8.26. The Morgan fingerprint density at radius 1 is 1.14 bits per heavy atom. The molecule has 0 bridgehead atoms. The van der Waals surface area contributed by atoms with E-state index >= 15 is 0 Å².